The van der Waals surface area contributed by atoms with Crippen molar-refractivity contribution in [1.82, 2.24) is 5.32 Å². The van der Waals surface area contributed by atoms with Crippen molar-refractivity contribution in [3.63, 3.8) is 0 Å². The smallest absolute Gasteiger partial charge is 0.252 e. The molecule has 0 aliphatic carbocycles. The van der Waals surface area contributed by atoms with E-state index in [9.17, 15) is 4.79 Å². The molecule has 0 aromatic heterocycles. The number of nitrogens with one attached hydrogen (secondary N) is 1. The molecule has 0 aliphatic rings. The summed E-state index contributed by atoms with van der Waals surface area (Å²) in [7, 11) is 0. The van der Waals surface area contributed by atoms with Gasteiger partial charge in [-0.1, -0.05) is 15.9 Å². The van der Waals surface area contributed by atoms with E-state index in [0.29, 0.717) is 18.7 Å². The van der Waals surface area contributed by atoms with Crippen molar-refractivity contribution in [3.05, 3.63) is 32.7 Å². The molecule has 0 spiro atoms. The summed E-state index contributed by atoms with van der Waals surface area (Å²) in [6.07, 6.45) is 1.05. The number of halogens is 2. The number of rotatable bonds is 6. The molecule has 1 N–H and O–H groups in total. The van der Waals surface area contributed by atoms with Gasteiger partial charge in [-0.15, -0.1) is 0 Å². The fraction of sp³-hybridized carbons (Fsp3) is 0.462. The molecule has 0 radical (unpaired) electrons. The Bertz CT molecular complexity index is 408. The van der Waals surface area contributed by atoms with Crippen LogP contribution in [0.15, 0.2) is 27.1 Å². The zero-order chi connectivity index (χ0) is 13.5. The van der Waals surface area contributed by atoms with E-state index >= 15 is 0 Å². The number of benzene rings is 1. The maximum Gasteiger partial charge on any atom is 0.252 e. The van der Waals surface area contributed by atoms with Crippen molar-refractivity contribution < 1.29 is 9.53 Å². The van der Waals surface area contributed by atoms with Gasteiger partial charge < -0.3 is 10.1 Å². The largest absolute Gasteiger partial charge is 0.379 e. The third-order valence-corrected chi connectivity index (χ3v) is 3.42. The molecular weight excluding hydrogens is 362 g/mol. The highest BCUT2D eigenvalue weighted by atomic mass is 79.9. The molecule has 1 amide bonds. The maximum atomic E-state index is 11.9. The molecule has 0 atom stereocenters. The van der Waals surface area contributed by atoms with Crippen molar-refractivity contribution in [2.45, 2.75) is 26.4 Å². The third-order valence-electron chi connectivity index (χ3n) is 2.23. The number of carbonyl (C=O) groups is 1. The lowest BCUT2D eigenvalue weighted by Gasteiger charge is -2.09. The summed E-state index contributed by atoms with van der Waals surface area (Å²) in [5.74, 6) is -0.0762. The van der Waals surface area contributed by atoms with E-state index in [1.807, 2.05) is 26.0 Å². The van der Waals surface area contributed by atoms with E-state index in [0.717, 1.165) is 15.4 Å². The molecule has 0 bridgehead atoms. The Labute approximate surface area is 125 Å². The summed E-state index contributed by atoms with van der Waals surface area (Å²) in [6, 6.07) is 5.53. The standard InChI is InChI=1S/C13H17Br2NO2/c1-9(2)18-7-3-6-16-13(17)11-8-10(14)4-5-12(11)15/h4-5,8-9H,3,6-7H2,1-2H3,(H,16,17). The molecule has 0 saturated heterocycles. The van der Waals surface area contributed by atoms with Crippen molar-refractivity contribution in [2.75, 3.05) is 13.2 Å². The van der Waals surface area contributed by atoms with E-state index in [2.05, 4.69) is 37.2 Å². The minimum absolute atomic E-state index is 0.0762. The highest BCUT2D eigenvalue weighted by molar-refractivity contribution is 9.11. The van der Waals surface area contributed by atoms with Crippen molar-refractivity contribution in [2.24, 2.45) is 0 Å². The Hall–Kier alpha value is -0.390. The zero-order valence-corrected chi connectivity index (χ0v) is 13.7. The molecule has 0 aliphatic heterocycles. The van der Waals surface area contributed by atoms with Gasteiger partial charge in [0.15, 0.2) is 0 Å². The third kappa shape index (κ3) is 5.50. The normalized spacial score (nSPS) is 10.7. The van der Waals surface area contributed by atoms with E-state index < -0.39 is 0 Å². The van der Waals surface area contributed by atoms with Crippen molar-refractivity contribution in [3.8, 4) is 0 Å². The molecule has 3 nitrogen and oxygen atoms in total. The number of amides is 1. The predicted molar refractivity (Wildman–Crippen MR) is 79.9 cm³/mol. The first-order valence-corrected chi connectivity index (χ1v) is 7.44. The molecule has 18 heavy (non-hydrogen) atoms. The zero-order valence-electron chi connectivity index (χ0n) is 10.5. The molecule has 0 unspecified atom stereocenters. The Morgan fingerprint density at radius 3 is 2.78 bits per heavy atom. The second kappa shape index (κ2) is 7.92. The van der Waals surface area contributed by atoms with Gasteiger partial charge in [0.25, 0.3) is 5.91 Å². The highest BCUT2D eigenvalue weighted by Gasteiger charge is 2.09. The van der Waals surface area contributed by atoms with E-state index in [1.54, 1.807) is 6.07 Å². The van der Waals surface area contributed by atoms with Crippen LogP contribution in [-0.2, 0) is 4.74 Å². The predicted octanol–water partition coefficient (Wildman–Crippen LogP) is 3.76. The number of ether oxygens (including phenoxy) is 1. The Morgan fingerprint density at radius 1 is 1.39 bits per heavy atom. The van der Waals surface area contributed by atoms with Crippen LogP contribution in [0.2, 0.25) is 0 Å². The van der Waals surface area contributed by atoms with E-state index in [1.165, 1.54) is 0 Å². The summed E-state index contributed by atoms with van der Waals surface area (Å²) >= 11 is 6.72. The number of carbonyl (C=O) groups excluding carboxylic acids is 1. The second-order valence-electron chi connectivity index (χ2n) is 4.15. The van der Waals surface area contributed by atoms with Crippen LogP contribution in [-0.4, -0.2) is 25.2 Å². The van der Waals surface area contributed by atoms with Crippen LogP contribution >= 0.6 is 31.9 Å². The fourth-order valence-corrected chi connectivity index (χ4v) is 2.15. The molecule has 100 valence electrons. The molecule has 0 saturated carbocycles. The van der Waals surface area contributed by atoms with E-state index in [-0.39, 0.29) is 12.0 Å². The Kier molecular flexibility index (Phi) is 6.89. The van der Waals surface area contributed by atoms with Gasteiger partial charge in [0.1, 0.15) is 0 Å². The maximum absolute atomic E-state index is 11.9. The van der Waals surface area contributed by atoms with Crippen LogP contribution in [0.5, 0.6) is 0 Å². The van der Waals surface area contributed by atoms with Gasteiger partial charge in [-0.05, 0) is 54.4 Å². The summed E-state index contributed by atoms with van der Waals surface area (Å²) in [4.78, 5) is 11.9. The first-order chi connectivity index (χ1) is 8.50. The topological polar surface area (TPSA) is 38.3 Å². The molecule has 1 aromatic rings. The number of hydrogen-bond donors (Lipinski definition) is 1. The molecular formula is C13H17Br2NO2. The first-order valence-electron chi connectivity index (χ1n) is 5.85. The number of hydrogen-bond acceptors (Lipinski definition) is 2. The SMILES string of the molecule is CC(C)OCCCNC(=O)c1cc(Br)ccc1Br. The lowest BCUT2D eigenvalue weighted by Crippen LogP contribution is -2.25. The Balaban J connectivity index is 2.39. The second-order valence-corrected chi connectivity index (χ2v) is 5.92. The lowest BCUT2D eigenvalue weighted by atomic mass is 10.2. The quantitative estimate of drug-likeness (QED) is 0.765. The van der Waals surface area contributed by atoms with Gasteiger partial charge in [0.2, 0.25) is 0 Å². The van der Waals surface area contributed by atoms with Gasteiger partial charge >= 0.3 is 0 Å². The monoisotopic (exact) mass is 377 g/mol. The van der Waals surface area contributed by atoms with Gasteiger partial charge in [-0.3, -0.25) is 4.79 Å². The van der Waals surface area contributed by atoms with Crippen molar-refractivity contribution >= 4 is 37.8 Å². The Morgan fingerprint density at radius 2 is 2.11 bits per heavy atom. The van der Waals surface area contributed by atoms with Crippen LogP contribution in [0.1, 0.15) is 30.6 Å². The molecule has 1 rings (SSSR count). The summed E-state index contributed by atoms with van der Waals surface area (Å²) < 4.78 is 7.09. The minimum Gasteiger partial charge on any atom is -0.379 e. The van der Waals surface area contributed by atoms with Crippen LogP contribution in [0, 0.1) is 0 Å². The molecule has 1 aromatic carbocycles. The minimum atomic E-state index is -0.0762. The summed E-state index contributed by atoms with van der Waals surface area (Å²) in [5.41, 5.74) is 0.633. The molecule has 5 heteroatoms. The average Bonchev–Trinajstić information content (AvgIpc) is 2.31. The van der Waals surface area contributed by atoms with Crippen LogP contribution in [0.25, 0.3) is 0 Å². The summed E-state index contributed by atoms with van der Waals surface area (Å²) in [6.45, 7) is 5.27. The van der Waals surface area contributed by atoms with Crippen LogP contribution < -0.4 is 5.32 Å². The highest BCUT2D eigenvalue weighted by Crippen LogP contribution is 2.21. The van der Waals surface area contributed by atoms with Crippen LogP contribution in [0.3, 0.4) is 0 Å². The van der Waals surface area contributed by atoms with Gasteiger partial charge in [0.05, 0.1) is 11.7 Å². The van der Waals surface area contributed by atoms with Gasteiger partial charge in [-0.2, -0.15) is 0 Å². The van der Waals surface area contributed by atoms with Crippen LogP contribution in [0.4, 0.5) is 0 Å². The summed E-state index contributed by atoms with van der Waals surface area (Å²) in [5, 5.41) is 2.87. The lowest BCUT2D eigenvalue weighted by molar-refractivity contribution is 0.0757. The first kappa shape index (κ1) is 15.7. The fourth-order valence-electron chi connectivity index (χ4n) is 1.36. The van der Waals surface area contributed by atoms with Gasteiger partial charge in [0, 0.05) is 22.1 Å². The average molecular weight is 379 g/mol. The molecule has 0 heterocycles. The molecule has 0 fully saturated rings. The van der Waals surface area contributed by atoms with Crippen molar-refractivity contribution in [1.29, 1.82) is 0 Å². The van der Waals surface area contributed by atoms with E-state index in [4.69, 9.17) is 4.74 Å². The van der Waals surface area contributed by atoms with Gasteiger partial charge in [-0.25, -0.2) is 0 Å².